The molecule has 0 unspecified atom stereocenters. The Morgan fingerprint density at radius 3 is 2.86 bits per heavy atom. The van der Waals surface area contributed by atoms with Crippen LogP contribution in [-0.4, -0.2) is 56.0 Å². The summed E-state index contributed by atoms with van der Waals surface area (Å²) in [5, 5.41) is 3.17. The molecule has 0 aliphatic carbocycles. The van der Waals surface area contributed by atoms with E-state index in [0.29, 0.717) is 24.3 Å². The Morgan fingerprint density at radius 1 is 1.18 bits per heavy atom. The fourth-order valence-electron chi connectivity index (χ4n) is 5.16. The van der Waals surface area contributed by atoms with E-state index in [1.807, 2.05) is 24.3 Å². The van der Waals surface area contributed by atoms with Crippen LogP contribution in [0.2, 0.25) is 0 Å². The molecule has 28 heavy (non-hydrogen) atoms. The van der Waals surface area contributed by atoms with Gasteiger partial charge in [0.15, 0.2) is 0 Å². The Bertz CT molecular complexity index is 721. The monoisotopic (exact) mass is 385 g/mol. The number of amides is 2. The molecule has 3 aliphatic rings. The molecular formula is C22H31N3O3. The molecule has 0 bridgehead atoms. The van der Waals surface area contributed by atoms with Crippen LogP contribution in [0.15, 0.2) is 24.3 Å². The van der Waals surface area contributed by atoms with E-state index >= 15 is 0 Å². The van der Waals surface area contributed by atoms with Gasteiger partial charge in [-0.1, -0.05) is 18.6 Å². The second-order valence-corrected chi connectivity index (χ2v) is 8.32. The number of rotatable bonds is 5. The van der Waals surface area contributed by atoms with Crippen LogP contribution in [0.5, 0.6) is 5.75 Å². The van der Waals surface area contributed by atoms with Crippen molar-refractivity contribution in [1.29, 1.82) is 0 Å². The predicted molar refractivity (Wildman–Crippen MR) is 108 cm³/mol. The SMILES string of the molecule is COc1ccccc1N1C[C@@H](C(=O)NC[C@@H]2CCCN3CCCC[C@H]23)CC1=O. The predicted octanol–water partition coefficient (Wildman–Crippen LogP) is 2.43. The minimum absolute atomic E-state index is 0.0127. The van der Waals surface area contributed by atoms with Gasteiger partial charge in [-0.25, -0.2) is 0 Å². The van der Waals surface area contributed by atoms with Crippen LogP contribution < -0.4 is 15.0 Å². The van der Waals surface area contributed by atoms with E-state index in [1.54, 1.807) is 12.0 Å². The maximum atomic E-state index is 12.8. The second-order valence-electron chi connectivity index (χ2n) is 8.32. The number of nitrogens with zero attached hydrogens (tertiary/aromatic N) is 2. The molecule has 3 fully saturated rings. The number of methoxy groups -OCH3 is 1. The second kappa shape index (κ2) is 8.52. The lowest BCUT2D eigenvalue weighted by Crippen LogP contribution is -2.51. The highest BCUT2D eigenvalue weighted by atomic mass is 16.5. The van der Waals surface area contributed by atoms with Gasteiger partial charge < -0.3 is 19.9 Å². The van der Waals surface area contributed by atoms with Crippen LogP contribution in [0.1, 0.15) is 38.5 Å². The first-order valence-electron chi connectivity index (χ1n) is 10.6. The zero-order valence-electron chi connectivity index (χ0n) is 16.7. The Kier molecular flexibility index (Phi) is 5.85. The van der Waals surface area contributed by atoms with Gasteiger partial charge in [-0.05, 0) is 56.8 Å². The molecule has 152 valence electrons. The molecule has 4 rings (SSSR count). The molecule has 0 radical (unpaired) electrons. The lowest BCUT2D eigenvalue weighted by molar-refractivity contribution is -0.126. The van der Waals surface area contributed by atoms with Crippen molar-refractivity contribution in [1.82, 2.24) is 10.2 Å². The summed E-state index contributed by atoms with van der Waals surface area (Å²) in [6, 6.07) is 8.10. The standard InChI is InChI=1S/C22H31N3O3/c1-28-20-10-3-2-9-19(20)25-15-17(13-21(25)26)22(27)23-14-16-7-6-12-24-11-5-4-8-18(16)24/h2-3,9-10,16-18H,4-8,11-15H2,1H3,(H,23,27)/t16-,17-,18+/m0/s1. The van der Waals surface area contributed by atoms with Crippen molar-refractivity contribution in [2.24, 2.45) is 11.8 Å². The molecule has 6 nitrogen and oxygen atoms in total. The van der Waals surface area contributed by atoms with Gasteiger partial charge >= 0.3 is 0 Å². The van der Waals surface area contributed by atoms with E-state index in [-0.39, 0.29) is 24.2 Å². The zero-order valence-corrected chi connectivity index (χ0v) is 16.7. The summed E-state index contributed by atoms with van der Waals surface area (Å²) in [7, 11) is 1.60. The van der Waals surface area contributed by atoms with Gasteiger partial charge in [-0.2, -0.15) is 0 Å². The molecule has 3 heterocycles. The lowest BCUT2D eigenvalue weighted by Gasteiger charge is -2.44. The van der Waals surface area contributed by atoms with E-state index < -0.39 is 0 Å². The third kappa shape index (κ3) is 3.88. The highest BCUT2D eigenvalue weighted by Crippen LogP contribution is 2.33. The Hall–Kier alpha value is -2.08. The number of ether oxygens (including phenoxy) is 1. The quantitative estimate of drug-likeness (QED) is 0.846. The highest BCUT2D eigenvalue weighted by molar-refractivity contribution is 6.01. The summed E-state index contributed by atoms with van der Waals surface area (Å²) in [5.41, 5.74) is 0.746. The molecule has 6 heteroatoms. The number of carbonyl (C=O) groups excluding carboxylic acids is 2. The average Bonchev–Trinajstić information content (AvgIpc) is 3.13. The van der Waals surface area contributed by atoms with Crippen LogP contribution in [0.3, 0.4) is 0 Å². The van der Waals surface area contributed by atoms with Crippen molar-refractivity contribution in [3.05, 3.63) is 24.3 Å². The van der Waals surface area contributed by atoms with Gasteiger partial charge in [0.05, 0.1) is 18.7 Å². The van der Waals surface area contributed by atoms with Crippen molar-refractivity contribution < 1.29 is 14.3 Å². The molecule has 1 aromatic carbocycles. The minimum atomic E-state index is -0.288. The Balaban J connectivity index is 1.35. The maximum absolute atomic E-state index is 12.8. The summed E-state index contributed by atoms with van der Waals surface area (Å²) in [5.74, 6) is 0.917. The van der Waals surface area contributed by atoms with Crippen LogP contribution in [-0.2, 0) is 9.59 Å². The van der Waals surface area contributed by atoms with Crippen LogP contribution in [0.4, 0.5) is 5.69 Å². The van der Waals surface area contributed by atoms with Crippen LogP contribution in [0, 0.1) is 11.8 Å². The third-order valence-electron chi connectivity index (χ3n) is 6.64. The van der Waals surface area contributed by atoms with Crippen molar-refractivity contribution in [2.45, 2.75) is 44.6 Å². The summed E-state index contributed by atoms with van der Waals surface area (Å²) in [6.45, 7) is 3.57. The fraction of sp³-hybridized carbons (Fsp3) is 0.636. The number of nitrogens with one attached hydrogen (secondary N) is 1. The van der Waals surface area contributed by atoms with Crippen molar-refractivity contribution in [3.8, 4) is 5.75 Å². The lowest BCUT2D eigenvalue weighted by atomic mass is 9.83. The molecule has 0 spiro atoms. The topological polar surface area (TPSA) is 61.9 Å². The average molecular weight is 386 g/mol. The minimum Gasteiger partial charge on any atom is -0.495 e. The summed E-state index contributed by atoms with van der Waals surface area (Å²) in [6.07, 6.45) is 6.54. The first-order chi connectivity index (χ1) is 13.7. The Labute approximate surface area is 167 Å². The zero-order chi connectivity index (χ0) is 19.5. The molecule has 2 amide bonds. The summed E-state index contributed by atoms with van der Waals surface area (Å²) >= 11 is 0. The number of fused-ring (bicyclic) bond motifs is 1. The van der Waals surface area contributed by atoms with Crippen molar-refractivity contribution in [2.75, 3.05) is 38.2 Å². The number of piperidine rings is 2. The third-order valence-corrected chi connectivity index (χ3v) is 6.64. The van der Waals surface area contributed by atoms with Crippen molar-refractivity contribution in [3.63, 3.8) is 0 Å². The van der Waals surface area contributed by atoms with E-state index in [1.165, 1.54) is 45.2 Å². The largest absolute Gasteiger partial charge is 0.495 e. The smallest absolute Gasteiger partial charge is 0.227 e. The molecule has 3 saturated heterocycles. The van der Waals surface area contributed by atoms with Crippen LogP contribution in [0.25, 0.3) is 0 Å². The summed E-state index contributed by atoms with van der Waals surface area (Å²) < 4.78 is 5.38. The van der Waals surface area contributed by atoms with Crippen LogP contribution >= 0.6 is 0 Å². The molecule has 0 aromatic heterocycles. The van der Waals surface area contributed by atoms with Gasteiger partial charge in [0.1, 0.15) is 5.75 Å². The number of benzene rings is 1. The Morgan fingerprint density at radius 2 is 2.00 bits per heavy atom. The highest BCUT2D eigenvalue weighted by Gasteiger charge is 2.37. The number of carbonyl (C=O) groups is 2. The van der Waals surface area contributed by atoms with Gasteiger partial charge in [0, 0.05) is 25.6 Å². The molecule has 1 aromatic rings. The molecule has 0 saturated carbocycles. The van der Waals surface area contributed by atoms with E-state index in [0.717, 1.165) is 12.2 Å². The molecule has 3 aliphatic heterocycles. The molecule has 3 atom stereocenters. The van der Waals surface area contributed by atoms with Gasteiger partial charge in [-0.3, -0.25) is 9.59 Å². The van der Waals surface area contributed by atoms with E-state index in [2.05, 4.69) is 10.2 Å². The van der Waals surface area contributed by atoms with E-state index in [9.17, 15) is 9.59 Å². The summed E-state index contributed by atoms with van der Waals surface area (Å²) in [4.78, 5) is 29.6. The molecule has 1 N–H and O–H groups in total. The number of anilines is 1. The number of hydrogen-bond acceptors (Lipinski definition) is 4. The molecular weight excluding hydrogens is 354 g/mol. The first-order valence-corrected chi connectivity index (χ1v) is 10.6. The number of hydrogen-bond donors (Lipinski definition) is 1. The van der Waals surface area contributed by atoms with Gasteiger partial charge in [0.25, 0.3) is 0 Å². The first kappa shape index (κ1) is 19.2. The van der Waals surface area contributed by atoms with E-state index in [4.69, 9.17) is 4.74 Å². The maximum Gasteiger partial charge on any atom is 0.227 e. The van der Waals surface area contributed by atoms with Gasteiger partial charge in [0.2, 0.25) is 11.8 Å². The van der Waals surface area contributed by atoms with Gasteiger partial charge in [-0.15, -0.1) is 0 Å². The normalized spacial score (nSPS) is 28.1. The number of para-hydroxylation sites is 2. The fourth-order valence-corrected chi connectivity index (χ4v) is 5.16. The van der Waals surface area contributed by atoms with Crippen molar-refractivity contribution >= 4 is 17.5 Å².